The van der Waals surface area contributed by atoms with Gasteiger partial charge in [-0.2, -0.15) is 0 Å². The van der Waals surface area contributed by atoms with Crippen LogP contribution < -0.4 is 5.32 Å². The van der Waals surface area contributed by atoms with Gasteiger partial charge in [0.25, 0.3) is 0 Å². The van der Waals surface area contributed by atoms with Crippen LogP contribution in [0.3, 0.4) is 0 Å². The quantitative estimate of drug-likeness (QED) is 0.773. The molecule has 0 bridgehead atoms. The molecule has 0 radical (unpaired) electrons. The minimum atomic E-state index is -1.19. The summed E-state index contributed by atoms with van der Waals surface area (Å²) < 4.78 is 13.0. The number of aliphatic carboxylic acids is 1. The summed E-state index contributed by atoms with van der Waals surface area (Å²) in [7, 11) is 0. The van der Waals surface area contributed by atoms with Crippen LogP contribution >= 0.6 is 11.6 Å². The molecule has 108 valence electrons. The first kappa shape index (κ1) is 14.5. The minimum Gasteiger partial charge on any atom is -0.480 e. The lowest BCUT2D eigenvalue weighted by atomic mass is 10.2. The van der Waals surface area contributed by atoms with Crippen molar-refractivity contribution in [3.63, 3.8) is 0 Å². The number of halogens is 2. The number of carboxylic acids is 1. The molecular weight excluding hydrogens is 291 g/mol. The molecule has 2 atom stereocenters. The lowest BCUT2D eigenvalue weighted by Crippen LogP contribution is -2.43. The van der Waals surface area contributed by atoms with E-state index in [4.69, 9.17) is 16.7 Å². The highest BCUT2D eigenvalue weighted by molar-refractivity contribution is 6.31. The van der Waals surface area contributed by atoms with Crippen LogP contribution in [-0.4, -0.2) is 45.8 Å². The van der Waals surface area contributed by atoms with Crippen molar-refractivity contribution in [3.05, 3.63) is 29.0 Å². The number of anilines is 1. The molecule has 0 saturated carbocycles. The van der Waals surface area contributed by atoms with Crippen LogP contribution in [0.4, 0.5) is 14.9 Å². The van der Waals surface area contributed by atoms with Crippen molar-refractivity contribution in [3.8, 4) is 0 Å². The molecule has 1 aromatic rings. The number of amides is 2. The van der Waals surface area contributed by atoms with Crippen LogP contribution in [0.1, 0.15) is 6.42 Å². The molecule has 8 heteroatoms. The summed E-state index contributed by atoms with van der Waals surface area (Å²) in [5, 5.41) is 20.7. The van der Waals surface area contributed by atoms with Gasteiger partial charge in [0.15, 0.2) is 0 Å². The smallest absolute Gasteiger partial charge is 0.326 e. The maximum Gasteiger partial charge on any atom is 0.326 e. The van der Waals surface area contributed by atoms with Crippen molar-refractivity contribution in [1.29, 1.82) is 0 Å². The Morgan fingerprint density at radius 1 is 1.45 bits per heavy atom. The summed E-state index contributed by atoms with van der Waals surface area (Å²) in [6, 6.07) is 1.85. The zero-order valence-corrected chi connectivity index (χ0v) is 11.0. The summed E-state index contributed by atoms with van der Waals surface area (Å²) in [6.07, 6.45) is -0.897. The standard InChI is InChI=1S/C12H12ClFN2O4/c13-8-3-6(1-2-9(8)14)15-12(20)16-5-7(17)4-10(16)11(18)19/h1-3,7,10,17H,4-5H2,(H,15,20)(H,18,19). The van der Waals surface area contributed by atoms with E-state index in [1.165, 1.54) is 12.1 Å². The SMILES string of the molecule is O=C(O)C1CC(O)CN1C(=O)Nc1ccc(F)c(Cl)c1. The number of carbonyl (C=O) groups is 2. The van der Waals surface area contributed by atoms with Gasteiger partial charge in [-0.15, -0.1) is 0 Å². The highest BCUT2D eigenvalue weighted by Crippen LogP contribution is 2.22. The van der Waals surface area contributed by atoms with Gasteiger partial charge in [-0.3, -0.25) is 0 Å². The lowest BCUT2D eigenvalue weighted by molar-refractivity contribution is -0.141. The Balaban J connectivity index is 2.11. The van der Waals surface area contributed by atoms with Gasteiger partial charge in [-0.25, -0.2) is 14.0 Å². The monoisotopic (exact) mass is 302 g/mol. The normalized spacial score (nSPS) is 21.9. The Kier molecular flexibility index (Phi) is 4.10. The molecule has 3 N–H and O–H groups in total. The number of carbonyl (C=O) groups excluding carboxylic acids is 1. The highest BCUT2D eigenvalue weighted by Gasteiger charge is 2.39. The van der Waals surface area contributed by atoms with Gasteiger partial charge in [-0.1, -0.05) is 11.6 Å². The highest BCUT2D eigenvalue weighted by atomic mass is 35.5. The van der Waals surface area contributed by atoms with Crippen molar-refractivity contribution >= 4 is 29.3 Å². The van der Waals surface area contributed by atoms with Crippen molar-refractivity contribution in [2.45, 2.75) is 18.6 Å². The van der Waals surface area contributed by atoms with Crippen LogP contribution in [0.5, 0.6) is 0 Å². The van der Waals surface area contributed by atoms with Crippen LogP contribution in [0.2, 0.25) is 5.02 Å². The maximum atomic E-state index is 13.0. The second-order valence-corrected chi connectivity index (χ2v) is 4.86. The van der Waals surface area contributed by atoms with E-state index in [1.807, 2.05) is 0 Å². The van der Waals surface area contributed by atoms with Gasteiger partial charge in [0, 0.05) is 18.7 Å². The number of rotatable bonds is 2. The predicted molar refractivity (Wildman–Crippen MR) is 69.2 cm³/mol. The Bertz CT molecular complexity index is 554. The average molecular weight is 303 g/mol. The third-order valence-corrected chi connectivity index (χ3v) is 3.29. The number of hydrogen-bond acceptors (Lipinski definition) is 3. The number of nitrogens with one attached hydrogen (secondary N) is 1. The summed E-state index contributed by atoms with van der Waals surface area (Å²) in [6.45, 7) is -0.0717. The number of nitrogens with zero attached hydrogens (tertiary/aromatic N) is 1. The second kappa shape index (κ2) is 5.64. The maximum absolute atomic E-state index is 13.0. The molecule has 1 heterocycles. The molecular formula is C12H12ClFN2O4. The molecule has 0 aliphatic carbocycles. The average Bonchev–Trinajstić information content (AvgIpc) is 2.76. The van der Waals surface area contributed by atoms with E-state index in [-0.39, 0.29) is 23.7 Å². The van der Waals surface area contributed by atoms with E-state index in [1.54, 1.807) is 0 Å². The minimum absolute atomic E-state index is 0.0209. The third kappa shape index (κ3) is 3.00. The molecule has 20 heavy (non-hydrogen) atoms. The number of aliphatic hydroxyl groups excluding tert-OH is 1. The largest absolute Gasteiger partial charge is 0.480 e. The van der Waals surface area contributed by atoms with E-state index in [2.05, 4.69) is 5.32 Å². The van der Waals surface area contributed by atoms with Crippen molar-refractivity contribution in [2.24, 2.45) is 0 Å². The van der Waals surface area contributed by atoms with Gasteiger partial charge >= 0.3 is 12.0 Å². The molecule has 1 aliphatic heterocycles. The van der Waals surface area contributed by atoms with Crippen LogP contribution in [0.25, 0.3) is 0 Å². The molecule has 2 amide bonds. The molecule has 6 nitrogen and oxygen atoms in total. The summed E-state index contributed by atoms with van der Waals surface area (Å²) in [5.41, 5.74) is 0.243. The number of benzene rings is 1. The molecule has 2 rings (SSSR count). The fraction of sp³-hybridized carbons (Fsp3) is 0.333. The number of aliphatic hydroxyl groups is 1. The predicted octanol–water partition coefficient (Wildman–Crippen LogP) is 1.53. The first-order chi connectivity index (χ1) is 9.38. The van der Waals surface area contributed by atoms with Crippen LogP contribution in [-0.2, 0) is 4.79 Å². The summed E-state index contributed by atoms with van der Waals surface area (Å²) in [4.78, 5) is 24.0. The van der Waals surface area contributed by atoms with E-state index in [0.717, 1.165) is 11.0 Å². The fourth-order valence-electron chi connectivity index (χ4n) is 2.04. The second-order valence-electron chi connectivity index (χ2n) is 4.45. The summed E-state index contributed by atoms with van der Waals surface area (Å²) in [5.74, 6) is -1.81. The molecule has 0 spiro atoms. The van der Waals surface area contributed by atoms with E-state index >= 15 is 0 Å². The van der Waals surface area contributed by atoms with Gasteiger partial charge < -0.3 is 20.4 Å². The van der Waals surface area contributed by atoms with E-state index in [0.29, 0.717) is 0 Å². The molecule has 1 fully saturated rings. The van der Waals surface area contributed by atoms with E-state index in [9.17, 15) is 19.1 Å². The number of urea groups is 1. The number of carboxylic acid groups (broad SMARTS) is 1. The van der Waals surface area contributed by atoms with Gasteiger partial charge in [0.2, 0.25) is 0 Å². The summed E-state index contributed by atoms with van der Waals surface area (Å²) >= 11 is 5.59. The van der Waals surface area contributed by atoms with E-state index < -0.39 is 30.0 Å². The zero-order valence-electron chi connectivity index (χ0n) is 10.2. The first-order valence-corrected chi connectivity index (χ1v) is 6.20. The van der Waals surface area contributed by atoms with Gasteiger partial charge in [0.05, 0.1) is 11.1 Å². The lowest BCUT2D eigenvalue weighted by Gasteiger charge is -2.21. The van der Waals surface area contributed by atoms with Gasteiger partial charge in [-0.05, 0) is 18.2 Å². The Morgan fingerprint density at radius 2 is 2.15 bits per heavy atom. The molecule has 1 saturated heterocycles. The van der Waals surface area contributed by atoms with Crippen molar-refractivity contribution in [1.82, 2.24) is 4.90 Å². The number of hydrogen-bond donors (Lipinski definition) is 3. The molecule has 0 aromatic heterocycles. The van der Waals surface area contributed by atoms with Crippen LogP contribution in [0, 0.1) is 5.82 Å². The Morgan fingerprint density at radius 3 is 2.75 bits per heavy atom. The fourth-order valence-corrected chi connectivity index (χ4v) is 2.22. The molecule has 1 aromatic carbocycles. The zero-order chi connectivity index (χ0) is 14.9. The van der Waals surface area contributed by atoms with Crippen molar-refractivity contribution in [2.75, 3.05) is 11.9 Å². The van der Waals surface area contributed by atoms with Gasteiger partial charge in [0.1, 0.15) is 11.9 Å². The van der Waals surface area contributed by atoms with Crippen molar-refractivity contribution < 1.29 is 24.2 Å². The number of β-amino-alcohol motifs (C(OH)–C–C–N with tert-alkyl or cyclic N) is 1. The third-order valence-electron chi connectivity index (χ3n) is 3.00. The molecule has 1 aliphatic rings. The first-order valence-electron chi connectivity index (χ1n) is 5.82. The Hall–Kier alpha value is -1.86. The number of likely N-dealkylation sites (tertiary alicyclic amines) is 1. The topological polar surface area (TPSA) is 89.9 Å². The molecule has 2 unspecified atom stereocenters. The van der Waals surface area contributed by atoms with Crippen LogP contribution in [0.15, 0.2) is 18.2 Å². The Labute approximate surface area is 118 Å².